The third-order valence-corrected chi connectivity index (χ3v) is 2.18. The number of rotatable bonds is 6. The van der Waals surface area contributed by atoms with Crippen LogP contribution in [0.1, 0.15) is 18.5 Å². The first kappa shape index (κ1) is 14.1. The Morgan fingerprint density at radius 3 is 2.78 bits per heavy atom. The predicted molar refractivity (Wildman–Crippen MR) is 61.4 cm³/mol. The van der Waals surface area contributed by atoms with E-state index in [1.807, 2.05) is 0 Å². The molecule has 0 unspecified atom stereocenters. The zero-order chi connectivity index (χ0) is 13.5. The highest BCUT2D eigenvalue weighted by Crippen LogP contribution is 2.13. The van der Waals surface area contributed by atoms with E-state index in [1.165, 1.54) is 12.1 Å². The Morgan fingerprint density at radius 2 is 2.17 bits per heavy atom. The minimum atomic E-state index is -1.14. The number of hydrogen-bond acceptors (Lipinski definition) is 3. The lowest BCUT2D eigenvalue weighted by atomic mass is 10.1. The summed E-state index contributed by atoms with van der Waals surface area (Å²) in [4.78, 5) is 21.5. The largest absolute Gasteiger partial charge is 0.480 e. The van der Waals surface area contributed by atoms with Gasteiger partial charge in [0, 0.05) is 0 Å². The summed E-state index contributed by atoms with van der Waals surface area (Å²) in [6, 6.07) is 5.50. The van der Waals surface area contributed by atoms with Crippen molar-refractivity contribution in [2.75, 3.05) is 13.2 Å². The van der Waals surface area contributed by atoms with Crippen molar-refractivity contribution in [3.05, 3.63) is 35.6 Å². The maximum atomic E-state index is 13.0. The molecular formula is C12H14FNO4. The lowest BCUT2D eigenvalue weighted by Crippen LogP contribution is -2.31. The molecule has 5 nitrogen and oxygen atoms in total. The molecule has 0 radical (unpaired) electrons. The summed E-state index contributed by atoms with van der Waals surface area (Å²) in [7, 11) is 0. The molecule has 6 heteroatoms. The average molecular weight is 255 g/mol. The Kier molecular flexibility index (Phi) is 5.26. The van der Waals surface area contributed by atoms with Crippen molar-refractivity contribution in [3.63, 3.8) is 0 Å². The van der Waals surface area contributed by atoms with Gasteiger partial charge in [-0.15, -0.1) is 0 Å². The first-order chi connectivity index (χ1) is 8.49. The molecule has 0 aliphatic rings. The summed E-state index contributed by atoms with van der Waals surface area (Å²) in [5, 5.41) is 10.9. The Hall–Kier alpha value is -1.95. The highest BCUT2D eigenvalue weighted by atomic mass is 19.1. The molecule has 0 aromatic heterocycles. The van der Waals surface area contributed by atoms with Crippen molar-refractivity contribution in [1.29, 1.82) is 0 Å². The number of aliphatic carboxylic acids is 1. The zero-order valence-corrected chi connectivity index (χ0v) is 9.85. The van der Waals surface area contributed by atoms with Gasteiger partial charge in [0.15, 0.2) is 0 Å². The quantitative estimate of drug-likeness (QED) is 0.798. The molecule has 98 valence electrons. The molecule has 0 aliphatic carbocycles. The fourth-order valence-electron chi connectivity index (χ4n) is 1.37. The van der Waals surface area contributed by atoms with Gasteiger partial charge in [0.05, 0.1) is 6.04 Å². The third-order valence-electron chi connectivity index (χ3n) is 2.18. The maximum absolute atomic E-state index is 13.0. The topological polar surface area (TPSA) is 75.6 Å². The third kappa shape index (κ3) is 4.92. The molecule has 1 rings (SSSR count). The van der Waals surface area contributed by atoms with Gasteiger partial charge in [-0.2, -0.15) is 0 Å². The molecule has 0 aliphatic heterocycles. The molecule has 0 bridgehead atoms. The molecule has 1 aromatic rings. The Bertz CT molecular complexity index is 436. The van der Waals surface area contributed by atoms with Crippen LogP contribution in [-0.4, -0.2) is 30.2 Å². The number of benzene rings is 1. The fourth-order valence-corrected chi connectivity index (χ4v) is 1.37. The number of carbonyl (C=O) groups excluding carboxylic acids is 1. The normalized spacial score (nSPS) is 11.9. The molecule has 1 aromatic carbocycles. The van der Waals surface area contributed by atoms with Gasteiger partial charge in [0.25, 0.3) is 0 Å². The second-order valence-electron chi connectivity index (χ2n) is 3.73. The molecule has 18 heavy (non-hydrogen) atoms. The lowest BCUT2D eigenvalue weighted by Gasteiger charge is -2.14. The van der Waals surface area contributed by atoms with Crippen LogP contribution in [0.5, 0.6) is 0 Å². The average Bonchev–Trinajstić information content (AvgIpc) is 2.28. The fraction of sp³-hybridized carbons (Fsp3) is 0.333. The molecule has 1 atom stereocenters. The molecule has 0 spiro atoms. The SMILES string of the molecule is C[C@@H](NC(=O)COCC(=O)O)c1cccc(F)c1. The first-order valence-corrected chi connectivity index (χ1v) is 5.33. The number of hydrogen-bond donors (Lipinski definition) is 2. The van der Waals surface area contributed by atoms with E-state index >= 15 is 0 Å². The van der Waals surface area contributed by atoms with Crippen molar-refractivity contribution in [3.8, 4) is 0 Å². The molecule has 0 fully saturated rings. The van der Waals surface area contributed by atoms with Gasteiger partial charge < -0.3 is 15.2 Å². The van der Waals surface area contributed by atoms with Crippen molar-refractivity contribution in [2.45, 2.75) is 13.0 Å². The highest BCUT2D eigenvalue weighted by Gasteiger charge is 2.10. The smallest absolute Gasteiger partial charge is 0.329 e. The Labute approximate surface area is 104 Å². The van der Waals surface area contributed by atoms with E-state index in [-0.39, 0.29) is 18.5 Å². The van der Waals surface area contributed by atoms with Crippen LogP contribution in [0.25, 0.3) is 0 Å². The second kappa shape index (κ2) is 6.70. The second-order valence-corrected chi connectivity index (χ2v) is 3.73. The number of carbonyl (C=O) groups is 2. The molecular weight excluding hydrogens is 241 g/mol. The Morgan fingerprint density at radius 1 is 1.44 bits per heavy atom. The van der Waals surface area contributed by atoms with Crippen LogP contribution in [0, 0.1) is 5.82 Å². The van der Waals surface area contributed by atoms with E-state index in [1.54, 1.807) is 19.1 Å². The van der Waals surface area contributed by atoms with E-state index in [4.69, 9.17) is 5.11 Å². The van der Waals surface area contributed by atoms with E-state index in [0.717, 1.165) is 0 Å². The summed E-state index contributed by atoms with van der Waals surface area (Å²) in [5.74, 6) is -1.97. The molecule has 0 saturated heterocycles. The highest BCUT2D eigenvalue weighted by molar-refractivity contribution is 5.78. The van der Waals surface area contributed by atoms with Crippen LogP contribution < -0.4 is 5.32 Å². The van der Waals surface area contributed by atoms with Gasteiger partial charge in [-0.25, -0.2) is 9.18 Å². The van der Waals surface area contributed by atoms with E-state index in [2.05, 4.69) is 10.1 Å². The molecule has 0 heterocycles. The van der Waals surface area contributed by atoms with E-state index in [9.17, 15) is 14.0 Å². The van der Waals surface area contributed by atoms with Gasteiger partial charge in [-0.1, -0.05) is 12.1 Å². The summed E-state index contributed by atoms with van der Waals surface area (Å²) in [6.45, 7) is 0.831. The number of carboxylic acids is 1. The van der Waals surface area contributed by atoms with Gasteiger partial charge in [-0.05, 0) is 24.6 Å². The van der Waals surface area contributed by atoms with Crippen LogP contribution in [0.3, 0.4) is 0 Å². The van der Waals surface area contributed by atoms with Gasteiger partial charge in [-0.3, -0.25) is 4.79 Å². The van der Waals surface area contributed by atoms with Crippen molar-refractivity contribution in [1.82, 2.24) is 5.32 Å². The summed E-state index contributed by atoms with van der Waals surface area (Å²) < 4.78 is 17.6. The lowest BCUT2D eigenvalue weighted by molar-refractivity contribution is -0.143. The minimum absolute atomic E-state index is 0.341. The van der Waals surface area contributed by atoms with Gasteiger partial charge >= 0.3 is 5.97 Å². The van der Waals surface area contributed by atoms with Crippen molar-refractivity contribution in [2.24, 2.45) is 0 Å². The predicted octanol–water partition coefficient (Wildman–Crippen LogP) is 1.10. The van der Waals surface area contributed by atoms with E-state index in [0.29, 0.717) is 5.56 Å². The number of halogens is 1. The molecule has 1 amide bonds. The number of ether oxygens (including phenoxy) is 1. The van der Waals surface area contributed by atoms with E-state index < -0.39 is 18.5 Å². The van der Waals surface area contributed by atoms with Crippen molar-refractivity contribution < 1.29 is 23.8 Å². The summed E-state index contributed by atoms with van der Waals surface area (Å²) in [6.07, 6.45) is 0. The van der Waals surface area contributed by atoms with Gasteiger partial charge in [0.2, 0.25) is 5.91 Å². The number of carboxylic acid groups (broad SMARTS) is 1. The van der Waals surface area contributed by atoms with Crippen LogP contribution >= 0.6 is 0 Å². The maximum Gasteiger partial charge on any atom is 0.329 e. The number of amides is 1. The standard InChI is InChI=1S/C12H14FNO4/c1-8(9-3-2-4-10(13)5-9)14-11(15)6-18-7-12(16)17/h2-5,8H,6-7H2,1H3,(H,14,15)(H,16,17)/t8-/m1/s1. The number of nitrogens with one attached hydrogen (secondary N) is 1. The summed E-state index contributed by atoms with van der Waals surface area (Å²) in [5.41, 5.74) is 0.626. The zero-order valence-electron chi connectivity index (χ0n) is 9.85. The van der Waals surface area contributed by atoms with Crippen LogP contribution in [0.2, 0.25) is 0 Å². The molecule has 0 saturated carbocycles. The first-order valence-electron chi connectivity index (χ1n) is 5.33. The van der Waals surface area contributed by atoms with Crippen molar-refractivity contribution >= 4 is 11.9 Å². The van der Waals surface area contributed by atoms with Crippen LogP contribution in [0.4, 0.5) is 4.39 Å². The van der Waals surface area contributed by atoms with Crippen LogP contribution in [0.15, 0.2) is 24.3 Å². The van der Waals surface area contributed by atoms with Crippen LogP contribution in [-0.2, 0) is 14.3 Å². The van der Waals surface area contributed by atoms with Gasteiger partial charge in [0.1, 0.15) is 19.0 Å². The monoisotopic (exact) mass is 255 g/mol. The molecule has 2 N–H and O–H groups in total. The minimum Gasteiger partial charge on any atom is -0.480 e. The summed E-state index contributed by atoms with van der Waals surface area (Å²) >= 11 is 0. The Balaban J connectivity index is 2.42.